The number of methoxy groups -OCH3 is 1. The van der Waals surface area contributed by atoms with Crippen molar-refractivity contribution >= 4 is 28.9 Å². The fourth-order valence-corrected chi connectivity index (χ4v) is 4.14. The Bertz CT molecular complexity index is 931. The molecule has 0 radical (unpaired) electrons. The first-order valence-corrected chi connectivity index (χ1v) is 12.4. The van der Waals surface area contributed by atoms with E-state index >= 15 is 0 Å². The lowest BCUT2D eigenvalue weighted by Crippen LogP contribution is -2.25. The number of amides is 2. The third-order valence-electron chi connectivity index (χ3n) is 5.15. The maximum absolute atomic E-state index is 11.6. The van der Waals surface area contributed by atoms with E-state index in [1.165, 1.54) is 6.42 Å². The number of rotatable bonds is 12. The normalized spacial score (nSPS) is 14.7. The summed E-state index contributed by atoms with van der Waals surface area (Å²) in [6, 6.07) is 15.6. The maximum atomic E-state index is 11.6. The highest BCUT2D eigenvalue weighted by molar-refractivity contribution is 8.15. The van der Waals surface area contributed by atoms with E-state index < -0.39 is 5.97 Å². The van der Waals surface area contributed by atoms with E-state index in [1.54, 1.807) is 7.11 Å². The second-order valence-corrected chi connectivity index (χ2v) is 9.06. The van der Waals surface area contributed by atoms with Gasteiger partial charge >= 0.3 is 5.97 Å². The topological polar surface area (TPSA) is 102 Å². The zero-order valence-corrected chi connectivity index (χ0v) is 20.6. The van der Waals surface area contributed by atoms with Gasteiger partial charge in [0, 0.05) is 12.8 Å². The summed E-state index contributed by atoms with van der Waals surface area (Å²) in [4.78, 5) is 32.7. The van der Waals surface area contributed by atoms with Crippen molar-refractivity contribution in [2.45, 2.75) is 57.1 Å². The number of imide groups is 1. The molecule has 1 atom stereocenters. The second kappa shape index (κ2) is 15.0. The molecular weight excluding hydrogens is 454 g/mol. The summed E-state index contributed by atoms with van der Waals surface area (Å²) in [7, 11) is 1.65. The minimum absolute atomic E-state index is 0.214. The molecule has 1 heterocycles. The predicted molar refractivity (Wildman–Crippen MR) is 134 cm³/mol. The van der Waals surface area contributed by atoms with Gasteiger partial charge in [0.15, 0.2) is 0 Å². The highest BCUT2D eigenvalue weighted by Crippen LogP contribution is 2.24. The number of unbranched alkanes of at least 4 members (excludes halogenated alkanes) is 3. The van der Waals surface area contributed by atoms with Crippen LogP contribution in [0.25, 0.3) is 0 Å². The third kappa shape index (κ3) is 10.3. The monoisotopic (exact) mass is 487 g/mol. The number of nitrogens with one attached hydrogen (secondary N) is 1. The molecule has 1 fully saturated rings. The zero-order valence-electron chi connectivity index (χ0n) is 19.7. The van der Waals surface area contributed by atoms with Gasteiger partial charge in [0.1, 0.15) is 11.5 Å². The van der Waals surface area contributed by atoms with Gasteiger partial charge in [-0.3, -0.25) is 19.7 Å². The van der Waals surface area contributed by atoms with Crippen molar-refractivity contribution in [1.29, 1.82) is 0 Å². The number of hydrogen-bond acceptors (Lipinski definition) is 6. The zero-order chi connectivity index (χ0) is 24.8. The first kappa shape index (κ1) is 27.2. The number of carboxylic acids is 1. The van der Waals surface area contributed by atoms with Crippen LogP contribution in [0.3, 0.4) is 0 Å². The number of carboxylic acid groups (broad SMARTS) is 1. The summed E-state index contributed by atoms with van der Waals surface area (Å²) >= 11 is 1.05. The Morgan fingerprint density at radius 3 is 2.41 bits per heavy atom. The van der Waals surface area contributed by atoms with Gasteiger partial charge < -0.3 is 14.6 Å². The summed E-state index contributed by atoms with van der Waals surface area (Å²) in [6.07, 6.45) is 5.88. The Kier molecular flexibility index (Phi) is 12.0. The van der Waals surface area contributed by atoms with Crippen LogP contribution in [0.2, 0.25) is 0 Å². The predicted octanol–water partition coefficient (Wildman–Crippen LogP) is 5.25. The Balaban J connectivity index is 0.000000387. The van der Waals surface area contributed by atoms with Gasteiger partial charge in [-0.2, -0.15) is 0 Å². The largest absolute Gasteiger partial charge is 0.497 e. The van der Waals surface area contributed by atoms with Gasteiger partial charge in [0.05, 0.1) is 19.0 Å². The fourth-order valence-electron chi connectivity index (χ4n) is 3.28. The van der Waals surface area contributed by atoms with E-state index in [0.717, 1.165) is 60.1 Å². The minimum atomic E-state index is -0.675. The van der Waals surface area contributed by atoms with Crippen LogP contribution >= 0.6 is 11.8 Å². The average molecular weight is 488 g/mol. The van der Waals surface area contributed by atoms with E-state index in [9.17, 15) is 14.4 Å². The quantitative estimate of drug-likeness (QED) is 0.394. The van der Waals surface area contributed by atoms with Gasteiger partial charge in [-0.25, -0.2) is 0 Å². The number of ether oxygens (including phenoxy) is 2. The Morgan fingerprint density at radius 1 is 1.03 bits per heavy atom. The molecule has 0 bridgehead atoms. The summed E-state index contributed by atoms with van der Waals surface area (Å²) in [5.41, 5.74) is 2.16. The van der Waals surface area contributed by atoms with E-state index in [2.05, 4.69) is 12.2 Å². The van der Waals surface area contributed by atoms with Gasteiger partial charge in [0.2, 0.25) is 5.91 Å². The van der Waals surface area contributed by atoms with Crippen LogP contribution in [-0.2, 0) is 22.4 Å². The van der Waals surface area contributed by atoms with Crippen molar-refractivity contribution < 1.29 is 29.0 Å². The lowest BCUT2D eigenvalue weighted by Gasteiger charge is -2.09. The average Bonchev–Trinajstić information content (AvgIpc) is 3.14. The fraction of sp³-hybridized carbons (Fsp3) is 0.423. The minimum Gasteiger partial charge on any atom is -0.497 e. The molecule has 7 nitrogen and oxygen atoms in total. The van der Waals surface area contributed by atoms with E-state index in [4.69, 9.17) is 14.6 Å². The molecule has 1 aliphatic heterocycles. The van der Waals surface area contributed by atoms with E-state index in [1.807, 2.05) is 48.5 Å². The number of hydrogen-bond donors (Lipinski definition) is 2. The second-order valence-electron chi connectivity index (χ2n) is 7.89. The first-order valence-electron chi connectivity index (χ1n) is 11.5. The Hall–Kier alpha value is -3.00. The van der Waals surface area contributed by atoms with Gasteiger partial charge in [-0.15, -0.1) is 0 Å². The molecule has 2 N–H and O–H groups in total. The van der Waals surface area contributed by atoms with Gasteiger partial charge in [0.25, 0.3) is 5.24 Å². The number of thioether (sulfide) groups is 1. The van der Waals surface area contributed by atoms with Crippen LogP contribution in [0.1, 0.15) is 50.2 Å². The molecular formula is C26H33NO6S. The van der Waals surface area contributed by atoms with Crippen molar-refractivity contribution in [2.24, 2.45) is 0 Å². The molecule has 0 spiro atoms. The summed E-state index contributed by atoms with van der Waals surface area (Å²) in [5.74, 6) is 0.736. The number of carbonyl (C=O) groups is 3. The number of benzene rings is 2. The van der Waals surface area contributed by atoms with Crippen LogP contribution < -0.4 is 14.8 Å². The lowest BCUT2D eigenvalue weighted by atomic mass is 10.1. The maximum Gasteiger partial charge on any atom is 0.303 e. The van der Waals surface area contributed by atoms with Crippen molar-refractivity contribution in [3.05, 3.63) is 59.7 Å². The van der Waals surface area contributed by atoms with Crippen LogP contribution in [0, 0.1) is 0 Å². The standard InChI is InChI=1S/C19H19NO4S.C7H14O2/c1-23-16-4-2-3-13(11-16)9-10-24-15-7-5-14(6-8-15)12-17-18(21)20-19(22)25-17;1-2-3-4-5-6-7(8)9/h2-8,11,17H,9-10,12H2,1H3,(H,20,21,22);2-6H2,1H3,(H,8,9). The number of aliphatic carboxylic acids is 1. The Morgan fingerprint density at radius 2 is 1.79 bits per heavy atom. The SMILES string of the molecule is CCCCCCC(=O)O.COc1cccc(CCOc2ccc(CC3SC(=O)NC3=O)cc2)c1. The molecule has 1 unspecified atom stereocenters. The van der Waals surface area contributed by atoms with Gasteiger partial charge in [-0.1, -0.05) is 62.2 Å². The van der Waals surface area contributed by atoms with E-state index in [-0.39, 0.29) is 16.4 Å². The first-order chi connectivity index (χ1) is 16.4. The smallest absolute Gasteiger partial charge is 0.303 e. The van der Waals surface area contributed by atoms with Crippen LogP contribution in [0.4, 0.5) is 4.79 Å². The van der Waals surface area contributed by atoms with Crippen LogP contribution in [-0.4, -0.2) is 41.2 Å². The molecule has 3 rings (SSSR count). The Labute approximate surface area is 205 Å². The molecule has 1 saturated heterocycles. The van der Waals surface area contributed by atoms with E-state index in [0.29, 0.717) is 19.4 Å². The molecule has 1 aliphatic rings. The molecule has 0 aliphatic carbocycles. The summed E-state index contributed by atoms with van der Waals surface area (Å²) in [5, 5.41) is 9.90. The summed E-state index contributed by atoms with van der Waals surface area (Å²) < 4.78 is 11.0. The van der Waals surface area contributed by atoms with Crippen LogP contribution in [0.5, 0.6) is 11.5 Å². The molecule has 0 aromatic heterocycles. The summed E-state index contributed by atoms with van der Waals surface area (Å²) in [6.45, 7) is 2.68. The lowest BCUT2D eigenvalue weighted by molar-refractivity contribution is -0.137. The van der Waals surface area contributed by atoms with Crippen molar-refractivity contribution in [3.8, 4) is 11.5 Å². The molecule has 184 valence electrons. The highest BCUT2D eigenvalue weighted by Gasteiger charge is 2.31. The molecule has 2 amide bonds. The number of carbonyl (C=O) groups excluding carboxylic acids is 2. The molecule has 2 aromatic carbocycles. The molecule has 2 aromatic rings. The molecule has 8 heteroatoms. The molecule has 0 saturated carbocycles. The third-order valence-corrected chi connectivity index (χ3v) is 6.13. The van der Waals surface area contributed by atoms with Gasteiger partial charge in [-0.05, 0) is 48.2 Å². The van der Waals surface area contributed by atoms with Crippen molar-refractivity contribution in [3.63, 3.8) is 0 Å². The highest BCUT2D eigenvalue weighted by atomic mass is 32.2. The van der Waals surface area contributed by atoms with Crippen molar-refractivity contribution in [1.82, 2.24) is 5.32 Å². The van der Waals surface area contributed by atoms with Crippen molar-refractivity contribution in [2.75, 3.05) is 13.7 Å². The molecule has 34 heavy (non-hydrogen) atoms. The van der Waals surface area contributed by atoms with Crippen LogP contribution in [0.15, 0.2) is 48.5 Å².